The van der Waals surface area contributed by atoms with Crippen LogP contribution in [0.15, 0.2) is 0 Å². The van der Waals surface area contributed by atoms with E-state index in [1.807, 2.05) is 0 Å². The van der Waals surface area contributed by atoms with Crippen LogP contribution in [0.1, 0.15) is 32.1 Å². The largest absolute Gasteiger partial charge is 0.479 e. The Morgan fingerprint density at radius 1 is 1.33 bits per heavy atom. The molecule has 4 atom stereocenters. The summed E-state index contributed by atoms with van der Waals surface area (Å²) in [5.74, 6) is -0.952. The summed E-state index contributed by atoms with van der Waals surface area (Å²) in [4.78, 5) is 22.3. The van der Waals surface area contributed by atoms with Gasteiger partial charge < -0.3 is 20.8 Å². The van der Waals surface area contributed by atoms with Crippen molar-refractivity contribution in [2.45, 2.75) is 50.3 Å². The van der Waals surface area contributed by atoms with Crippen LogP contribution in [0.5, 0.6) is 0 Å². The van der Waals surface area contributed by atoms with Crippen LogP contribution in [0.3, 0.4) is 0 Å². The van der Waals surface area contributed by atoms with Gasteiger partial charge in [0.1, 0.15) is 0 Å². The molecule has 1 saturated heterocycles. The first kappa shape index (κ1) is 13.3. The topological polar surface area (TPSA) is 98.7 Å². The molecule has 6 heteroatoms. The predicted molar refractivity (Wildman–Crippen MR) is 63.9 cm³/mol. The lowest BCUT2D eigenvalue weighted by atomic mass is 9.85. The highest BCUT2D eigenvalue weighted by atomic mass is 16.4. The molecule has 0 radical (unpaired) electrons. The number of carboxylic acid groups (broad SMARTS) is 1. The molecule has 1 aliphatic heterocycles. The standard InChI is InChI=1S/C12H20N2O4/c15-10(12(17)18)6-13-11(16)9-5-7-3-1-2-4-8(7)14-9/h7-10,14-15H,1-6H2,(H,13,16)(H,17,18)/t7?,8?,9?,10-/m0/s1. The Hall–Kier alpha value is -1.14. The molecule has 0 aromatic carbocycles. The maximum absolute atomic E-state index is 11.8. The van der Waals surface area contributed by atoms with Crippen molar-refractivity contribution >= 4 is 11.9 Å². The van der Waals surface area contributed by atoms with Gasteiger partial charge in [-0.15, -0.1) is 0 Å². The van der Waals surface area contributed by atoms with Crippen molar-refractivity contribution in [2.24, 2.45) is 5.92 Å². The van der Waals surface area contributed by atoms with Crippen LogP contribution in [0.4, 0.5) is 0 Å². The molecule has 18 heavy (non-hydrogen) atoms. The highest BCUT2D eigenvalue weighted by Crippen LogP contribution is 2.33. The molecule has 1 heterocycles. The smallest absolute Gasteiger partial charge is 0.334 e. The minimum atomic E-state index is -1.53. The predicted octanol–water partition coefficient (Wildman–Crippen LogP) is -0.531. The second-order valence-corrected chi connectivity index (χ2v) is 5.21. The third kappa shape index (κ3) is 3.00. The van der Waals surface area contributed by atoms with Crippen molar-refractivity contribution in [3.63, 3.8) is 0 Å². The number of carboxylic acids is 1. The molecule has 2 fully saturated rings. The molecule has 1 aliphatic carbocycles. The number of aliphatic hydroxyl groups excluding tert-OH is 1. The Balaban J connectivity index is 1.78. The normalized spacial score (nSPS) is 32.6. The van der Waals surface area contributed by atoms with E-state index in [9.17, 15) is 9.59 Å². The molecule has 4 N–H and O–H groups in total. The Morgan fingerprint density at radius 2 is 2.06 bits per heavy atom. The summed E-state index contributed by atoms with van der Waals surface area (Å²) < 4.78 is 0. The first-order chi connectivity index (χ1) is 8.58. The van der Waals surface area contributed by atoms with Gasteiger partial charge in [-0.1, -0.05) is 12.8 Å². The van der Waals surface area contributed by atoms with Gasteiger partial charge in [-0.3, -0.25) is 4.79 Å². The van der Waals surface area contributed by atoms with E-state index >= 15 is 0 Å². The fraction of sp³-hybridized carbons (Fsp3) is 0.833. The number of aliphatic carboxylic acids is 1. The highest BCUT2D eigenvalue weighted by molar-refractivity contribution is 5.83. The SMILES string of the molecule is O=C(NC[C@H](O)C(=O)O)C1CC2CCCCC2N1. The number of fused-ring (bicyclic) bond motifs is 1. The molecular formula is C12H20N2O4. The molecule has 3 unspecified atom stereocenters. The third-order valence-corrected chi connectivity index (χ3v) is 3.93. The van der Waals surface area contributed by atoms with Crippen LogP contribution in [-0.2, 0) is 9.59 Å². The summed E-state index contributed by atoms with van der Waals surface area (Å²) in [7, 11) is 0. The molecular weight excluding hydrogens is 236 g/mol. The quantitative estimate of drug-likeness (QED) is 0.542. The van der Waals surface area contributed by atoms with Crippen molar-refractivity contribution in [3.05, 3.63) is 0 Å². The van der Waals surface area contributed by atoms with E-state index in [1.54, 1.807) is 0 Å². The van der Waals surface area contributed by atoms with Gasteiger partial charge in [0.15, 0.2) is 6.10 Å². The summed E-state index contributed by atoms with van der Waals surface area (Å²) >= 11 is 0. The Morgan fingerprint density at radius 3 is 2.72 bits per heavy atom. The minimum absolute atomic E-state index is 0.204. The molecule has 0 bridgehead atoms. The van der Waals surface area contributed by atoms with Crippen molar-refractivity contribution in [1.29, 1.82) is 0 Å². The van der Waals surface area contributed by atoms with Gasteiger partial charge in [-0.05, 0) is 25.2 Å². The summed E-state index contributed by atoms with van der Waals surface area (Å²) in [5, 5.41) is 23.4. The van der Waals surface area contributed by atoms with Gasteiger partial charge in [0.05, 0.1) is 12.6 Å². The number of carbonyl (C=O) groups excluding carboxylic acids is 1. The number of rotatable bonds is 4. The zero-order valence-corrected chi connectivity index (χ0v) is 10.3. The van der Waals surface area contributed by atoms with E-state index < -0.39 is 12.1 Å². The van der Waals surface area contributed by atoms with Crippen LogP contribution in [-0.4, -0.2) is 46.8 Å². The molecule has 1 amide bonds. The van der Waals surface area contributed by atoms with Crippen molar-refractivity contribution < 1.29 is 19.8 Å². The monoisotopic (exact) mass is 256 g/mol. The van der Waals surface area contributed by atoms with E-state index in [1.165, 1.54) is 19.3 Å². The lowest BCUT2D eigenvalue weighted by Crippen LogP contribution is -2.46. The third-order valence-electron chi connectivity index (χ3n) is 3.93. The van der Waals surface area contributed by atoms with E-state index in [4.69, 9.17) is 10.2 Å². The fourth-order valence-electron chi connectivity index (χ4n) is 2.93. The molecule has 0 aromatic heterocycles. The lowest BCUT2D eigenvalue weighted by molar-refractivity contribution is -0.146. The molecule has 0 spiro atoms. The van der Waals surface area contributed by atoms with Crippen molar-refractivity contribution in [2.75, 3.05) is 6.54 Å². The molecule has 6 nitrogen and oxygen atoms in total. The van der Waals surface area contributed by atoms with Gasteiger partial charge in [0.2, 0.25) is 5.91 Å². The van der Waals surface area contributed by atoms with Crippen LogP contribution < -0.4 is 10.6 Å². The average Bonchev–Trinajstić information content (AvgIpc) is 2.79. The first-order valence-electron chi connectivity index (χ1n) is 6.52. The van der Waals surface area contributed by atoms with Crippen LogP contribution in [0, 0.1) is 5.92 Å². The van der Waals surface area contributed by atoms with Crippen LogP contribution in [0.25, 0.3) is 0 Å². The summed E-state index contributed by atoms with van der Waals surface area (Å²) in [6, 6.07) is 0.193. The van der Waals surface area contributed by atoms with E-state index in [2.05, 4.69) is 10.6 Å². The van der Waals surface area contributed by atoms with Crippen LogP contribution in [0.2, 0.25) is 0 Å². The molecule has 2 rings (SSSR count). The molecule has 1 saturated carbocycles. The second-order valence-electron chi connectivity index (χ2n) is 5.21. The van der Waals surface area contributed by atoms with E-state index in [0.717, 1.165) is 12.8 Å². The van der Waals surface area contributed by atoms with Gasteiger partial charge in [0, 0.05) is 6.04 Å². The first-order valence-corrected chi connectivity index (χ1v) is 6.52. The van der Waals surface area contributed by atoms with E-state index in [-0.39, 0.29) is 18.5 Å². The number of amides is 1. The number of nitrogens with one attached hydrogen (secondary N) is 2. The highest BCUT2D eigenvalue weighted by Gasteiger charge is 2.38. The maximum atomic E-state index is 11.8. The second kappa shape index (κ2) is 5.67. The molecule has 2 aliphatic rings. The number of hydrogen-bond donors (Lipinski definition) is 4. The maximum Gasteiger partial charge on any atom is 0.334 e. The minimum Gasteiger partial charge on any atom is -0.479 e. The number of hydrogen-bond acceptors (Lipinski definition) is 4. The zero-order valence-electron chi connectivity index (χ0n) is 10.3. The van der Waals surface area contributed by atoms with Crippen molar-refractivity contribution in [3.8, 4) is 0 Å². The van der Waals surface area contributed by atoms with Crippen LogP contribution >= 0.6 is 0 Å². The number of carbonyl (C=O) groups is 2. The lowest BCUT2D eigenvalue weighted by Gasteiger charge is -2.24. The number of aliphatic hydroxyl groups is 1. The fourth-order valence-corrected chi connectivity index (χ4v) is 2.93. The van der Waals surface area contributed by atoms with Gasteiger partial charge >= 0.3 is 5.97 Å². The van der Waals surface area contributed by atoms with E-state index in [0.29, 0.717) is 12.0 Å². The zero-order chi connectivity index (χ0) is 13.1. The summed E-state index contributed by atoms with van der Waals surface area (Å²) in [6.07, 6.45) is 4.01. The average molecular weight is 256 g/mol. The van der Waals surface area contributed by atoms with Gasteiger partial charge in [0.25, 0.3) is 0 Å². The summed E-state index contributed by atoms with van der Waals surface area (Å²) in [6.45, 7) is -0.234. The van der Waals surface area contributed by atoms with Gasteiger partial charge in [-0.25, -0.2) is 4.79 Å². The van der Waals surface area contributed by atoms with Crippen molar-refractivity contribution in [1.82, 2.24) is 10.6 Å². The Kier molecular flexibility index (Phi) is 4.19. The summed E-state index contributed by atoms with van der Waals surface area (Å²) in [5.41, 5.74) is 0. The van der Waals surface area contributed by atoms with Gasteiger partial charge in [-0.2, -0.15) is 0 Å². The molecule has 0 aromatic rings. The molecule has 102 valence electrons. The Labute approximate surface area is 106 Å². The Bertz CT molecular complexity index is 320.